The van der Waals surface area contributed by atoms with Gasteiger partial charge >= 0.3 is 0 Å². The summed E-state index contributed by atoms with van der Waals surface area (Å²) in [6.07, 6.45) is 5.42. The van der Waals surface area contributed by atoms with Gasteiger partial charge in [-0.15, -0.1) is 0 Å². The van der Waals surface area contributed by atoms with Gasteiger partial charge in [-0.3, -0.25) is 4.79 Å². The van der Waals surface area contributed by atoms with Gasteiger partial charge in [0.15, 0.2) is 5.78 Å². The maximum Gasteiger partial charge on any atom is 0.165 e. The van der Waals surface area contributed by atoms with Crippen LogP contribution in [0.5, 0.6) is 0 Å². The number of carbonyl (C=O) groups excluding carboxylic acids is 1. The normalized spacial score (nSPS) is 27.5. The molecule has 0 radical (unpaired) electrons. The molecule has 0 heterocycles. The van der Waals surface area contributed by atoms with Crippen molar-refractivity contribution in [3.05, 3.63) is 33.3 Å². The molecule has 2 aliphatic carbocycles. The average molecular weight is 269 g/mol. The van der Waals surface area contributed by atoms with Crippen LogP contribution in [0.1, 0.15) is 53.9 Å². The Labute approximate surface area is 111 Å². The number of carbonyl (C=O) groups is 1. The quantitative estimate of drug-likeness (QED) is 0.657. The second-order valence-corrected chi connectivity index (χ2v) is 5.91. The highest BCUT2D eigenvalue weighted by Gasteiger charge is 2.37. The largest absolute Gasteiger partial charge is 0.294 e. The third-order valence-electron chi connectivity index (χ3n) is 4.15. The van der Waals surface area contributed by atoms with Crippen LogP contribution >= 0.6 is 23.2 Å². The van der Waals surface area contributed by atoms with Gasteiger partial charge in [0.25, 0.3) is 0 Å². The summed E-state index contributed by atoms with van der Waals surface area (Å²) in [5, 5.41) is 1.28. The lowest BCUT2D eigenvalue weighted by Crippen LogP contribution is -2.28. The van der Waals surface area contributed by atoms with Crippen molar-refractivity contribution in [2.24, 2.45) is 5.92 Å². The summed E-state index contributed by atoms with van der Waals surface area (Å²) in [4.78, 5) is 12.2. The van der Waals surface area contributed by atoms with Crippen LogP contribution in [0.4, 0.5) is 0 Å². The molecule has 0 aromatic heterocycles. The van der Waals surface area contributed by atoms with Crippen molar-refractivity contribution in [3.63, 3.8) is 0 Å². The molecular weight excluding hydrogens is 255 g/mol. The van der Waals surface area contributed by atoms with Gasteiger partial charge in [0, 0.05) is 17.0 Å². The van der Waals surface area contributed by atoms with Gasteiger partial charge in [0.05, 0.1) is 5.02 Å². The van der Waals surface area contributed by atoms with Crippen LogP contribution in [0.25, 0.3) is 0 Å². The molecule has 1 nitrogen and oxygen atoms in total. The minimum absolute atomic E-state index is 0.177. The summed E-state index contributed by atoms with van der Waals surface area (Å²) in [6, 6.07) is 3.57. The second-order valence-electron chi connectivity index (χ2n) is 5.10. The van der Waals surface area contributed by atoms with E-state index in [0.29, 0.717) is 33.9 Å². The molecule has 1 saturated carbocycles. The van der Waals surface area contributed by atoms with Gasteiger partial charge in [-0.2, -0.15) is 0 Å². The summed E-state index contributed by atoms with van der Waals surface area (Å²) >= 11 is 12.4. The maximum absolute atomic E-state index is 12.2. The molecule has 1 aromatic rings. The first-order chi connectivity index (χ1) is 8.18. The van der Waals surface area contributed by atoms with Gasteiger partial charge in [-0.05, 0) is 42.4 Å². The molecule has 2 atom stereocenters. The van der Waals surface area contributed by atoms with Gasteiger partial charge in [-0.1, -0.05) is 36.0 Å². The Bertz CT molecular complexity index is 481. The fourth-order valence-electron chi connectivity index (χ4n) is 3.39. The lowest BCUT2D eigenvalue weighted by Gasteiger charge is -2.37. The highest BCUT2D eigenvalue weighted by molar-refractivity contribution is 6.36. The van der Waals surface area contributed by atoms with E-state index in [2.05, 4.69) is 0 Å². The molecule has 3 rings (SSSR count). The molecule has 1 aromatic carbocycles. The molecular formula is C14H14Cl2O. The predicted molar refractivity (Wildman–Crippen MR) is 70.1 cm³/mol. The number of fused-ring (bicyclic) bond motifs is 3. The molecule has 17 heavy (non-hydrogen) atoms. The Morgan fingerprint density at radius 2 is 1.76 bits per heavy atom. The van der Waals surface area contributed by atoms with Crippen molar-refractivity contribution < 1.29 is 4.79 Å². The standard InChI is InChI=1S/C14H14Cl2O/c15-10-5-6-11(16)14-12(17)7-8-3-1-2-4-9(8)13(10)14/h5-6,8-9H,1-4,7H2/t8-,9-/m0/s1. The van der Waals surface area contributed by atoms with Crippen LogP contribution < -0.4 is 0 Å². The number of rotatable bonds is 0. The third kappa shape index (κ3) is 1.80. The van der Waals surface area contributed by atoms with Crippen LogP contribution in [-0.4, -0.2) is 5.78 Å². The van der Waals surface area contributed by atoms with Gasteiger partial charge < -0.3 is 0 Å². The summed E-state index contributed by atoms with van der Waals surface area (Å²) < 4.78 is 0. The molecule has 3 heteroatoms. The van der Waals surface area contributed by atoms with E-state index in [4.69, 9.17) is 23.2 Å². The first kappa shape index (κ1) is 11.6. The molecule has 0 bridgehead atoms. The van der Waals surface area contributed by atoms with Crippen LogP contribution in [-0.2, 0) is 0 Å². The van der Waals surface area contributed by atoms with Crippen molar-refractivity contribution in [2.45, 2.75) is 38.0 Å². The Morgan fingerprint density at radius 3 is 2.59 bits per heavy atom. The summed E-state index contributed by atoms with van der Waals surface area (Å²) in [5.41, 5.74) is 1.72. The number of ketones is 1. The first-order valence-corrected chi connectivity index (χ1v) is 6.95. The predicted octanol–water partition coefficient (Wildman–Crippen LogP) is 4.85. The van der Waals surface area contributed by atoms with Crippen molar-refractivity contribution in [2.75, 3.05) is 0 Å². The number of Topliss-reactive ketones (excluding diaryl/α,β-unsaturated/α-hetero) is 1. The zero-order valence-corrected chi connectivity index (χ0v) is 11.0. The molecule has 0 spiro atoms. The topological polar surface area (TPSA) is 17.1 Å². The molecule has 1 fully saturated rings. The Hall–Kier alpha value is -0.530. The van der Waals surface area contributed by atoms with Crippen molar-refractivity contribution in [1.82, 2.24) is 0 Å². The number of benzene rings is 1. The average Bonchev–Trinajstić information content (AvgIpc) is 2.33. The molecule has 0 saturated heterocycles. The summed E-state index contributed by atoms with van der Waals surface area (Å²) in [5.74, 6) is 1.11. The first-order valence-electron chi connectivity index (χ1n) is 6.19. The molecule has 90 valence electrons. The highest BCUT2D eigenvalue weighted by Crippen LogP contribution is 2.48. The van der Waals surface area contributed by atoms with Crippen molar-refractivity contribution in [1.29, 1.82) is 0 Å². The SMILES string of the molecule is O=C1C[C@@H]2CCCC[C@@H]2c2c(Cl)ccc(Cl)c21. The minimum Gasteiger partial charge on any atom is -0.294 e. The van der Waals surface area contributed by atoms with E-state index >= 15 is 0 Å². The zero-order chi connectivity index (χ0) is 12.0. The van der Waals surface area contributed by atoms with Crippen LogP contribution in [0.15, 0.2) is 12.1 Å². The monoisotopic (exact) mass is 268 g/mol. The summed E-state index contributed by atoms with van der Waals surface area (Å²) in [7, 11) is 0. The maximum atomic E-state index is 12.2. The zero-order valence-electron chi connectivity index (χ0n) is 9.51. The van der Waals surface area contributed by atoms with Gasteiger partial charge in [0.2, 0.25) is 0 Å². The van der Waals surface area contributed by atoms with E-state index in [1.165, 1.54) is 12.8 Å². The lowest BCUT2D eigenvalue weighted by atomic mass is 9.68. The fraction of sp³-hybridized carbons (Fsp3) is 0.500. The van der Waals surface area contributed by atoms with E-state index in [1.807, 2.05) is 6.07 Å². The Balaban J connectivity index is 2.18. The Kier molecular flexibility index (Phi) is 2.92. The van der Waals surface area contributed by atoms with E-state index in [1.54, 1.807) is 6.07 Å². The third-order valence-corrected chi connectivity index (χ3v) is 4.79. The van der Waals surface area contributed by atoms with Gasteiger partial charge in [-0.25, -0.2) is 0 Å². The fourth-order valence-corrected chi connectivity index (χ4v) is 3.95. The van der Waals surface area contributed by atoms with Crippen LogP contribution in [0, 0.1) is 5.92 Å². The summed E-state index contributed by atoms with van der Waals surface area (Å²) in [6.45, 7) is 0. The molecule has 0 unspecified atom stereocenters. The van der Waals surface area contributed by atoms with Crippen molar-refractivity contribution >= 4 is 29.0 Å². The Morgan fingerprint density at radius 1 is 1.06 bits per heavy atom. The molecule has 0 aliphatic heterocycles. The van der Waals surface area contributed by atoms with E-state index in [-0.39, 0.29) is 5.78 Å². The minimum atomic E-state index is 0.177. The van der Waals surface area contributed by atoms with E-state index in [0.717, 1.165) is 18.4 Å². The van der Waals surface area contributed by atoms with Crippen molar-refractivity contribution in [3.8, 4) is 0 Å². The van der Waals surface area contributed by atoms with E-state index in [9.17, 15) is 4.79 Å². The smallest absolute Gasteiger partial charge is 0.165 e. The van der Waals surface area contributed by atoms with Gasteiger partial charge in [0.1, 0.15) is 0 Å². The second kappa shape index (κ2) is 4.29. The molecule has 0 amide bonds. The molecule has 2 aliphatic rings. The van der Waals surface area contributed by atoms with Crippen LogP contribution in [0.2, 0.25) is 10.0 Å². The highest BCUT2D eigenvalue weighted by atomic mass is 35.5. The van der Waals surface area contributed by atoms with E-state index < -0.39 is 0 Å². The number of hydrogen-bond acceptors (Lipinski definition) is 1. The number of halogens is 2. The number of hydrogen-bond donors (Lipinski definition) is 0. The van der Waals surface area contributed by atoms with Crippen LogP contribution in [0.3, 0.4) is 0 Å². The lowest BCUT2D eigenvalue weighted by molar-refractivity contribution is 0.0919. The molecule has 0 N–H and O–H groups in total.